The van der Waals surface area contributed by atoms with Gasteiger partial charge in [-0.2, -0.15) is 0 Å². The van der Waals surface area contributed by atoms with Crippen LogP contribution in [0.5, 0.6) is 0 Å². The molecule has 0 atom stereocenters. The SMILES string of the molecule is O=C(CCP(c1ccccc1)c1ccccc1)P(c1ccccc1)c1ccccc1. The van der Waals surface area contributed by atoms with Gasteiger partial charge in [-0.15, -0.1) is 0 Å². The minimum atomic E-state index is -1.01. The lowest BCUT2D eigenvalue weighted by atomic mass is 10.4. The Balaban J connectivity index is 1.60. The highest BCUT2D eigenvalue weighted by Crippen LogP contribution is 2.40. The molecule has 0 fully saturated rings. The van der Waals surface area contributed by atoms with Crippen LogP contribution in [0.1, 0.15) is 6.42 Å². The van der Waals surface area contributed by atoms with E-state index in [1.54, 1.807) is 0 Å². The van der Waals surface area contributed by atoms with Crippen LogP contribution in [0.4, 0.5) is 0 Å². The molecule has 4 aromatic carbocycles. The molecular formula is C27H24OP2. The average molecular weight is 426 g/mol. The molecule has 0 saturated carbocycles. The molecule has 148 valence electrons. The van der Waals surface area contributed by atoms with Gasteiger partial charge in [0.15, 0.2) is 5.52 Å². The molecule has 0 saturated heterocycles. The van der Waals surface area contributed by atoms with E-state index in [9.17, 15) is 4.79 Å². The second kappa shape index (κ2) is 10.4. The van der Waals surface area contributed by atoms with Crippen molar-refractivity contribution >= 4 is 42.6 Å². The summed E-state index contributed by atoms with van der Waals surface area (Å²) in [5.41, 5.74) is 0.349. The van der Waals surface area contributed by atoms with E-state index in [2.05, 4.69) is 84.9 Å². The van der Waals surface area contributed by atoms with E-state index >= 15 is 0 Å². The fourth-order valence-corrected chi connectivity index (χ4v) is 8.17. The van der Waals surface area contributed by atoms with Gasteiger partial charge in [-0.3, -0.25) is 4.79 Å². The summed E-state index contributed by atoms with van der Waals surface area (Å²) in [7, 11) is -1.57. The van der Waals surface area contributed by atoms with Gasteiger partial charge in [0, 0.05) is 14.3 Å². The lowest BCUT2D eigenvalue weighted by Gasteiger charge is -2.21. The first kappa shape index (κ1) is 20.7. The summed E-state index contributed by atoms with van der Waals surface area (Å²) in [6.07, 6.45) is 1.46. The number of carbonyl (C=O) groups is 1. The summed E-state index contributed by atoms with van der Waals surface area (Å²) in [6.45, 7) is 0. The van der Waals surface area contributed by atoms with E-state index in [-0.39, 0.29) is 0 Å². The van der Waals surface area contributed by atoms with Gasteiger partial charge in [-0.25, -0.2) is 0 Å². The third kappa shape index (κ3) is 5.11. The largest absolute Gasteiger partial charge is 0.294 e. The summed E-state index contributed by atoms with van der Waals surface area (Å²) in [5.74, 6) is 0. The predicted molar refractivity (Wildman–Crippen MR) is 133 cm³/mol. The van der Waals surface area contributed by atoms with Crippen molar-refractivity contribution in [3.8, 4) is 0 Å². The highest BCUT2D eigenvalue weighted by atomic mass is 31.1. The van der Waals surface area contributed by atoms with Crippen molar-refractivity contribution in [2.75, 3.05) is 6.16 Å². The molecule has 0 aliphatic carbocycles. The molecule has 0 unspecified atom stereocenters. The Hall–Kier alpha value is -2.59. The molecule has 0 aliphatic heterocycles. The Labute approximate surface area is 181 Å². The van der Waals surface area contributed by atoms with E-state index in [0.29, 0.717) is 11.9 Å². The van der Waals surface area contributed by atoms with Crippen LogP contribution in [0, 0.1) is 0 Å². The second-order valence-corrected chi connectivity index (χ2v) is 11.5. The van der Waals surface area contributed by atoms with Gasteiger partial charge in [0.2, 0.25) is 0 Å². The van der Waals surface area contributed by atoms with E-state index in [1.165, 1.54) is 10.6 Å². The molecule has 0 bridgehead atoms. The lowest BCUT2D eigenvalue weighted by molar-refractivity contribution is -0.111. The summed E-state index contributed by atoms with van der Waals surface area (Å²) < 4.78 is 0. The van der Waals surface area contributed by atoms with Crippen molar-refractivity contribution in [3.05, 3.63) is 121 Å². The third-order valence-electron chi connectivity index (χ3n) is 4.96. The fraction of sp³-hybridized carbons (Fsp3) is 0.0741. The molecule has 4 aromatic rings. The van der Waals surface area contributed by atoms with Crippen LogP contribution in [-0.4, -0.2) is 11.7 Å². The standard InChI is InChI=1S/C27H24OP2/c28-27(30(25-17-9-3-10-18-25)26-19-11-4-12-20-26)21-22-29(23-13-5-1-6-14-23)24-15-7-2-8-16-24/h1-20H,21-22H2. The van der Waals surface area contributed by atoms with Gasteiger partial charge in [-0.05, 0) is 35.3 Å². The highest BCUT2D eigenvalue weighted by molar-refractivity contribution is 7.87. The maximum absolute atomic E-state index is 13.6. The maximum Gasteiger partial charge on any atom is 0.163 e. The van der Waals surface area contributed by atoms with Gasteiger partial charge in [0.05, 0.1) is 0 Å². The van der Waals surface area contributed by atoms with Crippen LogP contribution in [-0.2, 0) is 4.79 Å². The third-order valence-corrected chi connectivity index (χ3v) is 9.83. The number of benzene rings is 4. The van der Waals surface area contributed by atoms with Crippen molar-refractivity contribution in [2.24, 2.45) is 0 Å². The molecule has 1 nitrogen and oxygen atoms in total. The Bertz CT molecular complexity index is 972. The van der Waals surface area contributed by atoms with E-state index in [4.69, 9.17) is 0 Å². The highest BCUT2D eigenvalue weighted by Gasteiger charge is 2.24. The Morgan fingerprint density at radius 2 is 0.833 bits per heavy atom. The van der Waals surface area contributed by atoms with E-state index < -0.39 is 15.8 Å². The molecule has 0 amide bonds. The van der Waals surface area contributed by atoms with E-state index in [1.807, 2.05) is 36.4 Å². The van der Waals surface area contributed by atoms with Gasteiger partial charge in [0.25, 0.3) is 0 Å². The van der Waals surface area contributed by atoms with Crippen molar-refractivity contribution in [2.45, 2.75) is 6.42 Å². The monoisotopic (exact) mass is 426 g/mol. The summed E-state index contributed by atoms with van der Waals surface area (Å²) in [5, 5.41) is 4.92. The zero-order valence-corrected chi connectivity index (χ0v) is 18.6. The van der Waals surface area contributed by atoms with Crippen molar-refractivity contribution < 1.29 is 4.79 Å². The van der Waals surface area contributed by atoms with Crippen molar-refractivity contribution in [1.82, 2.24) is 0 Å². The first-order valence-corrected chi connectivity index (χ1v) is 13.0. The number of carbonyl (C=O) groups excluding carboxylic acids is 1. The quantitative estimate of drug-likeness (QED) is 0.356. The molecule has 4 rings (SSSR count). The minimum absolute atomic E-state index is 0.349. The van der Waals surface area contributed by atoms with Crippen LogP contribution in [0.25, 0.3) is 0 Å². The molecule has 0 spiro atoms. The number of hydrogen-bond donors (Lipinski definition) is 0. The van der Waals surface area contributed by atoms with Gasteiger partial charge in [0.1, 0.15) is 0 Å². The van der Waals surface area contributed by atoms with Crippen molar-refractivity contribution in [1.29, 1.82) is 0 Å². The molecule has 0 heterocycles. The Kier molecular flexibility index (Phi) is 7.20. The van der Waals surface area contributed by atoms with E-state index in [0.717, 1.165) is 16.8 Å². The molecule has 3 heteroatoms. The molecular weight excluding hydrogens is 402 g/mol. The van der Waals surface area contributed by atoms with Crippen LogP contribution in [0.15, 0.2) is 121 Å². The number of rotatable bonds is 8. The smallest absolute Gasteiger partial charge is 0.163 e. The zero-order valence-electron chi connectivity index (χ0n) is 16.8. The maximum atomic E-state index is 13.6. The van der Waals surface area contributed by atoms with Gasteiger partial charge >= 0.3 is 0 Å². The summed E-state index contributed by atoms with van der Waals surface area (Å²) >= 11 is 0. The first-order valence-electron chi connectivity index (χ1n) is 10.1. The van der Waals surface area contributed by atoms with Crippen LogP contribution >= 0.6 is 15.8 Å². The lowest BCUT2D eigenvalue weighted by Crippen LogP contribution is -2.20. The predicted octanol–water partition coefficient (Wildman–Crippen LogP) is 5.17. The molecule has 0 aliphatic rings. The topological polar surface area (TPSA) is 17.1 Å². The van der Waals surface area contributed by atoms with Gasteiger partial charge in [-0.1, -0.05) is 121 Å². The van der Waals surface area contributed by atoms with Crippen LogP contribution < -0.4 is 21.2 Å². The van der Waals surface area contributed by atoms with Crippen LogP contribution in [0.3, 0.4) is 0 Å². The second-order valence-electron chi connectivity index (χ2n) is 6.97. The Morgan fingerprint density at radius 3 is 1.20 bits per heavy atom. The zero-order chi connectivity index (χ0) is 20.6. The summed E-state index contributed by atoms with van der Waals surface area (Å²) in [6, 6.07) is 41.8. The minimum Gasteiger partial charge on any atom is -0.294 e. The summed E-state index contributed by atoms with van der Waals surface area (Å²) in [4.78, 5) is 13.6. The number of hydrogen-bond acceptors (Lipinski definition) is 1. The first-order chi connectivity index (χ1) is 14.8. The normalized spacial score (nSPS) is 11.0. The average Bonchev–Trinajstić information content (AvgIpc) is 2.82. The Morgan fingerprint density at radius 1 is 0.500 bits per heavy atom. The van der Waals surface area contributed by atoms with Crippen molar-refractivity contribution in [3.63, 3.8) is 0 Å². The van der Waals surface area contributed by atoms with Gasteiger partial charge < -0.3 is 0 Å². The molecule has 0 N–H and O–H groups in total. The molecule has 30 heavy (non-hydrogen) atoms. The fourth-order valence-electron chi connectivity index (χ4n) is 3.53. The van der Waals surface area contributed by atoms with Crippen LogP contribution in [0.2, 0.25) is 0 Å². The molecule has 0 aromatic heterocycles. The molecule has 0 radical (unpaired) electrons.